The number of hydrogen-bond donors (Lipinski definition) is 1. The molecule has 1 aliphatic carbocycles. The Labute approximate surface area is 191 Å². The van der Waals surface area contributed by atoms with E-state index in [1.54, 1.807) is 17.5 Å². The highest BCUT2D eigenvalue weighted by molar-refractivity contribution is 7.18. The number of nitrogens with zero attached hydrogens (tertiary/aromatic N) is 4. The summed E-state index contributed by atoms with van der Waals surface area (Å²) in [5.41, 5.74) is 3.98. The van der Waals surface area contributed by atoms with Crippen molar-refractivity contribution in [1.82, 2.24) is 25.1 Å². The number of allylic oxidation sites excluding steroid dienone is 2. The fourth-order valence-electron chi connectivity index (χ4n) is 4.25. The smallest absolute Gasteiger partial charge is 0.224 e. The predicted molar refractivity (Wildman–Crippen MR) is 127 cm³/mol. The molecule has 0 spiro atoms. The van der Waals surface area contributed by atoms with E-state index in [9.17, 15) is 4.79 Å². The van der Waals surface area contributed by atoms with Gasteiger partial charge in [-0.15, -0.1) is 11.3 Å². The molecule has 0 bridgehead atoms. The lowest BCUT2D eigenvalue weighted by molar-refractivity contribution is -0.125. The van der Waals surface area contributed by atoms with Crippen molar-refractivity contribution in [3.8, 4) is 5.82 Å². The van der Waals surface area contributed by atoms with Crippen molar-refractivity contribution >= 4 is 27.5 Å². The molecule has 5 rings (SSSR count). The van der Waals surface area contributed by atoms with E-state index in [0.29, 0.717) is 6.54 Å². The summed E-state index contributed by atoms with van der Waals surface area (Å²) >= 11 is 1.70. The quantitative estimate of drug-likeness (QED) is 0.447. The Morgan fingerprint density at radius 1 is 1.16 bits per heavy atom. The number of amides is 1. The number of fused-ring (bicyclic) bond motifs is 1. The fraction of sp³-hybridized carbons (Fsp3) is 0.280. The molecule has 32 heavy (non-hydrogen) atoms. The zero-order valence-electron chi connectivity index (χ0n) is 18.2. The fourth-order valence-corrected chi connectivity index (χ4v) is 5.40. The molecule has 3 aromatic heterocycles. The summed E-state index contributed by atoms with van der Waals surface area (Å²) in [6.07, 6.45) is 7.66. The second kappa shape index (κ2) is 8.67. The Morgan fingerprint density at radius 2 is 2.00 bits per heavy atom. The van der Waals surface area contributed by atoms with E-state index in [1.165, 1.54) is 4.70 Å². The number of rotatable bonds is 5. The first-order chi connectivity index (χ1) is 15.6. The molecule has 0 radical (unpaired) electrons. The van der Waals surface area contributed by atoms with Gasteiger partial charge in [-0.3, -0.25) is 4.79 Å². The molecule has 7 heteroatoms. The summed E-state index contributed by atoms with van der Waals surface area (Å²) in [5, 5.41) is 8.64. The van der Waals surface area contributed by atoms with Crippen molar-refractivity contribution in [1.29, 1.82) is 0 Å². The zero-order chi connectivity index (χ0) is 22.1. The number of thiazole rings is 1. The molecule has 3 heterocycles. The third-order valence-corrected chi connectivity index (χ3v) is 7.07. The van der Waals surface area contributed by atoms with Crippen LogP contribution in [0.2, 0.25) is 0 Å². The van der Waals surface area contributed by atoms with Crippen LogP contribution < -0.4 is 5.32 Å². The lowest BCUT2D eigenvalue weighted by Crippen LogP contribution is -2.34. The molecular weight excluding hydrogens is 418 g/mol. The first-order valence-electron chi connectivity index (χ1n) is 10.9. The van der Waals surface area contributed by atoms with Gasteiger partial charge in [-0.25, -0.2) is 14.6 Å². The molecule has 2 unspecified atom stereocenters. The van der Waals surface area contributed by atoms with Gasteiger partial charge in [-0.05, 0) is 56.5 Å². The number of carbonyl (C=O) groups excluding carboxylic acids is 1. The number of para-hydroxylation sites is 1. The molecule has 1 amide bonds. The highest BCUT2D eigenvalue weighted by Crippen LogP contribution is 2.38. The number of benzene rings is 1. The minimum atomic E-state index is -0.109. The van der Waals surface area contributed by atoms with Gasteiger partial charge in [0.1, 0.15) is 0 Å². The van der Waals surface area contributed by atoms with Crippen molar-refractivity contribution < 1.29 is 4.79 Å². The molecule has 1 aliphatic rings. The van der Waals surface area contributed by atoms with Gasteiger partial charge in [0.25, 0.3) is 0 Å². The van der Waals surface area contributed by atoms with Gasteiger partial charge in [0.2, 0.25) is 5.91 Å². The summed E-state index contributed by atoms with van der Waals surface area (Å²) in [6, 6.07) is 14.1. The van der Waals surface area contributed by atoms with Crippen LogP contribution in [-0.4, -0.2) is 25.7 Å². The maximum atomic E-state index is 13.1. The Morgan fingerprint density at radius 3 is 2.75 bits per heavy atom. The number of aryl methyl sites for hydroxylation is 2. The highest BCUT2D eigenvalue weighted by atomic mass is 32.1. The van der Waals surface area contributed by atoms with E-state index in [2.05, 4.69) is 33.6 Å². The Bertz CT molecular complexity index is 1250. The third-order valence-electron chi connectivity index (χ3n) is 5.90. The van der Waals surface area contributed by atoms with Crippen molar-refractivity contribution in [2.24, 2.45) is 5.92 Å². The van der Waals surface area contributed by atoms with Crippen LogP contribution in [0.5, 0.6) is 0 Å². The normalized spacial score (nSPS) is 18.2. The topological polar surface area (TPSA) is 72.7 Å². The van der Waals surface area contributed by atoms with E-state index in [-0.39, 0.29) is 17.7 Å². The first kappa shape index (κ1) is 20.6. The average molecular weight is 444 g/mol. The lowest BCUT2D eigenvalue weighted by atomic mass is 9.82. The van der Waals surface area contributed by atoms with Gasteiger partial charge in [0, 0.05) is 24.4 Å². The van der Waals surface area contributed by atoms with E-state index < -0.39 is 0 Å². The van der Waals surface area contributed by atoms with Crippen LogP contribution in [0.3, 0.4) is 0 Å². The van der Waals surface area contributed by atoms with Crippen LogP contribution in [0.1, 0.15) is 40.7 Å². The van der Waals surface area contributed by atoms with E-state index in [0.717, 1.165) is 46.1 Å². The molecule has 0 aliphatic heterocycles. The van der Waals surface area contributed by atoms with Crippen molar-refractivity contribution in [2.45, 2.75) is 39.2 Å². The lowest BCUT2D eigenvalue weighted by Gasteiger charge is -2.26. The second-order valence-corrected chi connectivity index (χ2v) is 9.32. The van der Waals surface area contributed by atoms with Crippen LogP contribution in [0, 0.1) is 19.8 Å². The SMILES string of the molecule is Cc1cc(C)n(-c2ccc(CNC(=O)C3CC=CCC3c3nc4ccccc4s3)cn2)n1. The van der Waals surface area contributed by atoms with Gasteiger partial charge in [-0.2, -0.15) is 5.10 Å². The molecule has 2 atom stereocenters. The number of hydrogen-bond acceptors (Lipinski definition) is 5. The Hall–Kier alpha value is -3.32. The molecule has 162 valence electrons. The van der Waals surface area contributed by atoms with Gasteiger partial charge in [0.05, 0.1) is 26.8 Å². The first-order valence-corrected chi connectivity index (χ1v) is 11.7. The van der Waals surface area contributed by atoms with Crippen LogP contribution in [0.25, 0.3) is 16.0 Å². The summed E-state index contributed by atoms with van der Waals surface area (Å²) in [7, 11) is 0. The van der Waals surface area contributed by atoms with Gasteiger partial charge in [-0.1, -0.05) is 30.4 Å². The maximum Gasteiger partial charge on any atom is 0.224 e. The number of carbonyl (C=O) groups is 1. The monoisotopic (exact) mass is 443 g/mol. The molecule has 4 aromatic rings. The standard InChI is InChI=1S/C25H25N5OS/c1-16-13-17(2)30(29-16)23-12-11-18(14-26-23)15-27-24(31)19-7-3-4-8-20(19)25-28-21-9-5-6-10-22(21)32-25/h3-6,9-14,19-20H,7-8,15H2,1-2H3,(H,27,31). The zero-order valence-corrected chi connectivity index (χ0v) is 19.0. The predicted octanol–water partition coefficient (Wildman–Crippen LogP) is 4.86. The van der Waals surface area contributed by atoms with E-state index in [1.807, 2.05) is 54.9 Å². The molecule has 0 fully saturated rings. The summed E-state index contributed by atoms with van der Waals surface area (Å²) in [5.74, 6) is 0.853. The van der Waals surface area contributed by atoms with E-state index >= 15 is 0 Å². The van der Waals surface area contributed by atoms with Crippen molar-refractivity contribution in [3.05, 3.63) is 82.8 Å². The van der Waals surface area contributed by atoms with Gasteiger partial charge in [0.15, 0.2) is 5.82 Å². The Kier molecular flexibility index (Phi) is 5.57. The van der Waals surface area contributed by atoms with Crippen molar-refractivity contribution in [3.63, 3.8) is 0 Å². The maximum absolute atomic E-state index is 13.1. The summed E-state index contributed by atoms with van der Waals surface area (Å²) in [4.78, 5) is 22.5. The van der Waals surface area contributed by atoms with E-state index in [4.69, 9.17) is 4.98 Å². The summed E-state index contributed by atoms with van der Waals surface area (Å²) in [6.45, 7) is 4.43. The molecule has 1 aromatic carbocycles. The molecule has 6 nitrogen and oxygen atoms in total. The van der Waals surface area contributed by atoms with Crippen LogP contribution >= 0.6 is 11.3 Å². The van der Waals surface area contributed by atoms with Gasteiger partial charge < -0.3 is 5.32 Å². The second-order valence-electron chi connectivity index (χ2n) is 8.26. The Balaban J connectivity index is 1.27. The van der Waals surface area contributed by atoms with Crippen molar-refractivity contribution in [2.75, 3.05) is 0 Å². The minimum Gasteiger partial charge on any atom is -0.352 e. The molecule has 1 N–H and O–H groups in total. The minimum absolute atomic E-state index is 0.0706. The third kappa shape index (κ3) is 4.08. The molecule has 0 saturated heterocycles. The summed E-state index contributed by atoms with van der Waals surface area (Å²) < 4.78 is 3.00. The molecular formula is C25H25N5OS. The van der Waals surface area contributed by atoms with Crippen LogP contribution in [0.15, 0.2) is 60.8 Å². The number of aromatic nitrogens is 4. The number of nitrogens with one attached hydrogen (secondary N) is 1. The number of pyridine rings is 1. The van der Waals surface area contributed by atoms with Crippen LogP contribution in [0.4, 0.5) is 0 Å². The van der Waals surface area contributed by atoms with Crippen LogP contribution in [-0.2, 0) is 11.3 Å². The largest absolute Gasteiger partial charge is 0.352 e. The highest BCUT2D eigenvalue weighted by Gasteiger charge is 2.32. The average Bonchev–Trinajstić information content (AvgIpc) is 3.40. The van der Waals surface area contributed by atoms with Gasteiger partial charge >= 0.3 is 0 Å². The molecule has 0 saturated carbocycles.